The zero-order chi connectivity index (χ0) is 15.1. The van der Waals surface area contributed by atoms with E-state index in [4.69, 9.17) is 11.6 Å². The van der Waals surface area contributed by atoms with Crippen LogP contribution in [0.25, 0.3) is 0 Å². The molecule has 2 aromatic rings. The number of hydrogen-bond acceptors (Lipinski definition) is 4. The van der Waals surface area contributed by atoms with Gasteiger partial charge in [0.15, 0.2) is 5.82 Å². The van der Waals surface area contributed by atoms with E-state index in [0.29, 0.717) is 5.92 Å². The van der Waals surface area contributed by atoms with Gasteiger partial charge in [-0.1, -0.05) is 36.7 Å². The molecule has 1 unspecified atom stereocenters. The molecule has 0 aliphatic carbocycles. The van der Waals surface area contributed by atoms with Crippen molar-refractivity contribution >= 4 is 11.6 Å². The summed E-state index contributed by atoms with van der Waals surface area (Å²) in [4.78, 5) is 1.50. The Balaban J connectivity index is 2.02. The van der Waals surface area contributed by atoms with Crippen molar-refractivity contribution in [1.82, 2.24) is 25.5 Å². The summed E-state index contributed by atoms with van der Waals surface area (Å²) < 4.78 is 0. The van der Waals surface area contributed by atoms with Gasteiger partial charge >= 0.3 is 0 Å². The molecule has 114 valence electrons. The number of rotatable bonds is 8. The number of tetrazole rings is 1. The molecule has 0 saturated heterocycles. The quantitative estimate of drug-likeness (QED) is 0.760. The van der Waals surface area contributed by atoms with E-state index in [9.17, 15) is 0 Å². The van der Waals surface area contributed by atoms with E-state index in [1.807, 2.05) is 18.2 Å². The lowest BCUT2D eigenvalue weighted by molar-refractivity contribution is 0.461. The highest BCUT2D eigenvalue weighted by Gasteiger charge is 2.15. The monoisotopic (exact) mass is 307 g/mol. The van der Waals surface area contributed by atoms with Gasteiger partial charge < -0.3 is 5.32 Å². The molecule has 1 aromatic heterocycles. The normalized spacial score (nSPS) is 12.5. The van der Waals surface area contributed by atoms with E-state index in [2.05, 4.69) is 33.7 Å². The minimum Gasteiger partial charge on any atom is -0.316 e. The molecular formula is C15H22ClN5. The molecule has 1 N–H and O–H groups in total. The van der Waals surface area contributed by atoms with Crippen LogP contribution in [0.4, 0.5) is 0 Å². The van der Waals surface area contributed by atoms with Crippen molar-refractivity contribution in [3.63, 3.8) is 0 Å². The SMILES string of the molecule is CCCNCC(Cc1nnn(C)n1)Cc1ccccc1Cl. The summed E-state index contributed by atoms with van der Waals surface area (Å²) in [6.07, 6.45) is 2.84. The van der Waals surface area contributed by atoms with Crippen LogP contribution >= 0.6 is 11.6 Å². The molecule has 2 rings (SSSR count). The molecule has 1 aromatic carbocycles. The van der Waals surface area contributed by atoms with Crippen molar-refractivity contribution in [1.29, 1.82) is 0 Å². The number of aryl methyl sites for hydroxylation is 1. The van der Waals surface area contributed by atoms with Gasteiger partial charge in [0.25, 0.3) is 0 Å². The number of halogens is 1. The third kappa shape index (κ3) is 5.10. The van der Waals surface area contributed by atoms with Gasteiger partial charge in [-0.05, 0) is 48.7 Å². The van der Waals surface area contributed by atoms with E-state index in [-0.39, 0.29) is 0 Å². The van der Waals surface area contributed by atoms with Gasteiger partial charge in [0.1, 0.15) is 0 Å². The third-order valence-corrected chi connectivity index (χ3v) is 3.72. The zero-order valence-corrected chi connectivity index (χ0v) is 13.3. The topological polar surface area (TPSA) is 55.6 Å². The summed E-state index contributed by atoms with van der Waals surface area (Å²) in [6, 6.07) is 8.01. The van der Waals surface area contributed by atoms with Crippen LogP contribution in [0.2, 0.25) is 5.02 Å². The van der Waals surface area contributed by atoms with Gasteiger partial charge in [-0.15, -0.1) is 10.2 Å². The fraction of sp³-hybridized carbons (Fsp3) is 0.533. The smallest absolute Gasteiger partial charge is 0.175 e. The second-order valence-electron chi connectivity index (χ2n) is 5.26. The Bertz CT molecular complexity index is 555. The molecule has 1 atom stereocenters. The average molecular weight is 308 g/mol. The molecule has 1 heterocycles. The van der Waals surface area contributed by atoms with Gasteiger partial charge in [-0.25, -0.2) is 0 Å². The summed E-state index contributed by atoms with van der Waals surface area (Å²) in [5, 5.41) is 16.6. The standard InChI is InChI=1S/C15H22ClN5/c1-3-8-17-11-12(10-15-18-20-21(2)19-15)9-13-6-4-5-7-14(13)16/h4-7,12,17H,3,8-11H2,1-2H3. The lowest BCUT2D eigenvalue weighted by Gasteiger charge is -2.17. The zero-order valence-electron chi connectivity index (χ0n) is 12.6. The number of nitrogens with zero attached hydrogens (tertiary/aromatic N) is 4. The van der Waals surface area contributed by atoms with Gasteiger partial charge in [0.2, 0.25) is 0 Å². The first-order valence-electron chi connectivity index (χ1n) is 7.36. The van der Waals surface area contributed by atoms with E-state index < -0.39 is 0 Å². The Morgan fingerprint density at radius 2 is 2.10 bits per heavy atom. The van der Waals surface area contributed by atoms with Crippen molar-refractivity contribution < 1.29 is 0 Å². The van der Waals surface area contributed by atoms with Crippen LogP contribution in [0.3, 0.4) is 0 Å². The number of benzene rings is 1. The first-order chi connectivity index (χ1) is 10.2. The molecule has 0 bridgehead atoms. The van der Waals surface area contributed by atoms with Crippen molar-refractivity contribution in [3.05, 3.63) is 40.7 Å². The lowest BCUT2D eigenvalue weighted by atomic mass is 9.95. The lowest BCUT2D eigenvalue weighted by Crippen LogP contribution is -2.27. The van der Waals surface area contributed by atoms with E-state index in [0.717, 1.165) is 43.2 Å². The number of nitrogens with one attached hydrogen (secondary N) is 1. The Morgan fingerprint density at radius 3 is 2.76 bits per heavy atom. The molecule has 21 heavy (non-hydrogen) atoms. The molecule has 0 aliphatic rings. The van der Waals surface area contributed by atoms with Gasteiger partial charge in [-0.3, -0.25) is 0 Å². The van der Waals surface area contributed by atoms with Crippen LogP contribution < -0.4 is 5.32 Å². The minimum absolute atomic E-state index is 0.403. The number of hydrogen-bond donors (Lipinski definition) is 1. The van der Waals surface area contributed by atoms with Gasteiger partial charge in [-0.2, -0.15) is 4.80 Å². The largest absolute Gasteiger partial charge is 0.316 e. The minimum atomic E-state index is 0.403. The molecular weight excluding hydrogens is 286 g/mol. The van der Waals surface area contributed by atoms with E-state index in [1.54, 1.807) is 7.05 Å². The van der Waals surface area contributed by atoms with Crippen molar-refractivity contribution in [2.24, 2.45) is 13.0 Å². The Morgan fingerprint density at radius 1 is 1.29 bits per heavy atom. The van der Waals surface area contributed by atoms with E-state index in [1.165, 1.54) is 10.4 Å². The molecule has 0 radical (unpaired) electrons. The summed E-state index contributed by atoms with van der Waals surface area (Å²) in [7, 11) is 1.79. The Kier molecular flexibility index (Phi) is 6.14. The fourth-order valence-electron chi connectivity index (χ4n) is 2.34. The molecule has 0 fully saturated rings. The van der Waals surface area contributed by atoms with Crippen LogP contribution in [0.1, 0.15) is 24.7 Å². The van der Waals surface area contributed by atoms with Gasteiger partial charge in [0, 0.05) is 11.4 Å². The predicted molar refractivity (Wildman–Crippen MR) is 84.3 cm³/mol. The van der Waals surface area contributed by atoms with E-state index >= 15 is 0 Å². The summed E-state index contributed by atoms with van der Waals surface area (Å²) in [5.74, 6) is 1.19. The predicted octanol–water partition coefficient (Wildman–Crippen LogP) is 2.26. The van der Waals surface area contributed by atoms with Crippen LogP contribution in [-0.2, 0) is 19.9 Å². The molecule has 6 heteroatoms. The van der Waals surface area contributed by atoms with Crippen LogP contribution in [-0.4, -0.2) is 33.3 Å². The third-order valence-electron chi connectivity index (χ3n) is 3.35. The summed E-state index contributed by atoms with van der Waals surface area (Å²) in [5.41, 5.74) is 1.17. The van der Waals surface area contributed by atoms with Crippen molar-refractivity contribution in [3.8, 4) is 0 Å². The molecule has 0 spiro atoms. The molecule has 0 saturated carbocycles. The first-order valence-corrected chi connectivity index (χ1v) is 7.73. The van der Waals surface area contributed by atoms with Crippen molar-refractivity contribution in [2.75, 3.05) is 13.1 Å². The average Bonchev–Trinajstić information content (AvgIpc) is 2.87. The maximum Gasteiger partial charge on any atom is 0.175 e. The molecule has 0 amide bonds. The van der Waals surface area contributed by atoms with Crippen LogP contribution in [0, 0.1) is 5.92 Å². The van der Waals surface area contributed by atoms with Crippen LogP contribution in [0.15, 0.2) is 24.3 Å². The molecule has 0 aliphatic heterocycles. The first kappa shape index (κ1) is 15.9. The second kappa shape index (κ2) is 8.10. The highest BCUT2D eigenvalue weighted by atomic mass is 35.5. The highest BCUT2D eigenvalue weighted by molar-refractivity contribution is 6.31. The summed E-state index contributed by atoms with van der Waals surface area (Å²) >= 11 is 6.27. The Hall–Kier alpha value is -1.46. The van der Waals surface area contributed by atoms with Crippen molar-refractivity contribution in [2.45, 2.75) is 26.2 Å². The maximum absolute atomic E-state index is 6.27. The Labute approximate surface area is 130 Å². The summed E-state index contributed by atoms with van der Waals surface area (Å²) in [6.45, 7) is 4.12. The van der Waals surface area contributed by atoms with Gasteiger partial charge in [0.05, 0.1) is 7.05 Å². The number of aromatic nitrogens is 4. The second-order valence-corrected chi connectivity index (χ2v) is 5.67. The van der Waals surface area contributed by atoms with Crippen LogP contribution in [0.5, 0.6) is 0 Å². The molecule has 5 nitrogen and oxygen atoms in total. The fourth-order valence-corrected chi connectivity index (χ4v) is 2.55. The maximum atomic E-state index is 6.27. The highest BCUT2D eigenvalue weighted by Crippen LogP contribution is 2.20.